The van der Waals surface area contributed by atoms with Crippen LogP contribution in [0.4, 0.5) is 19.0 Å². The molecule has 1 aromatic heterocycles. The van der Waals surface area contributed by atoms with Gasteiger partial charge in [-0.15, -0.1) is 0 Å². The minimum absolute atomic E-state index is 0.0339. The van der Waals surface area contributed by atoms with Gasteiger partial charge in [0.05, 0.1) is 23.1 Å². The Kier molecular flexibility index (Phi) is 6.81. The van der Waals surface area contributed by atoms with Crippen molar-refractivity contribution in [3.05, 3.63) is 23.9 Å². The second-order valence-corrected chi connectivity index (χ2v) is 11.1. The molecule has 2 N–H and O–H groups in total. The number of pyridine rings is 1. The molecule has 11 heteroatoms. The fraction of sp³-hybridized carbons (Fsp3) is 0.692. The maximum absolute atomic E-state index is 12.9. The zero-order valence-corrected chi connectivity index (χ0v) is 20.9. The summed E-state index contributed by atoms with van der Waals surface area (Å²) in [6.07, 6.45) is 3.40. The van der Waals surface area contributed by atoms with Crippen LogP contribution in [-0.2, 0) is 11.0 Å². The molecule has 0 spiro atoms. The summed E-state index contributed by atoms with van der Waals surface area (Å²) < 4.78 is 38.6. The number of anilines is 1. The van der Waals surface area contributed by atoms with Gasteiger partial charge < -0.3 is 10.0 Å². The zero-order chi connectivity index (χ0) is 26.4. The SMILES string of the molecule is CC[C@H](C(=NC1C2CC3CC1CC(C(=O)O)(C3)C2)NC#N)N1CCN(c2ccc(C(F)(F)F)cn2)CC1. The smallest absolute Gasteiger partial charge is 0.417 e. The van der Waals surface area contributed by atoms with E-state index < -0.39 is 23.1 Å². The van der Waals surface area contributed by atoms with Crippen LogP contribution >= 0.6 is 0 Å². The molecule has 37 heavy (non-hydrogen) atoms. The molecule has 1 aromatic rings. The van der Waals surface area contributed by atoms with Crippen molar-refractivity contribution >= 4 is 17.6 Å². The van der Waals surface area contributed by atoms with E-state index in [9.17, 15) is 28.3 Å². The lowest BCUT2D eigenvalue weighted by Gasteiger charge is -2.57. The molecule has 2 unspecified atom stereocenters. The lowest BCUT2D eigenvalue weighted by Crippen LogP contribution is -2.57. The lowest BCUT2D eigenvalue weighted by atomic mass is 9.48. The highest BCUT2D eigenvalue weighted by Crippen LogP contribution is 2.61. The second kappa shape index (κ2) is 9.78. The van der Waals surface area contributed by atoms with Crippen LogP contribution in [0.1, 0.15) is 51.0 Å². The van der Waals surface area contributed by atoms with Crippen LogP contribution in [0.25, 0.3) is 0 Å². The van der Waals surface area contributed by atoms with Crippen molar-refractivity contribution in [3.8, 4) is 6.19 Å². The first-order valence-electron chi connectivity index (χ1n) is 13.1. The van der Waals surface area contributed by atoms with Crippen LogP contribution in [0.5, 0.6) is 0 Å². The first kappa shape index (κ1) is 25.8. The van der Waals surface area contributed by atoms with E-state index in [1.54, 1.807) is 0 Å². The monoisotopic (exact) mass is 518 g/mol. The predicted molar refractivity (Wildman–Crippen MR) is 131 cm³/mol. The number of aliphatic carboxylic acids is 1. The molecule has 0 aromatic carbocycles. The molecule has 0 radical (unpaired) electrons. The van der Waals surface area contributed by atoms with E-state index in [2.05, 4.69) is 28.3 Å². The molecule has 5 aliphatic rings. The third kappa shape index (κ3) is 4.88. The third-order valence-corrected chi connectivity index (χ3v) is 9.01. The number of hydrogen-bond acceptors (Lipinski definition) is 6. The molecule has 8 nitrogen and oxygen atoms in total. The highest BCUT2D eigenvalue weighted by atomic mass is 19.4. The highest BCUT2D eigenvalue weighted by molar-refractivity contribution is 5.89. The number of alkyl halides is 3. The highest BCUT2D eigenvalue weighted by Gasteiger charge is 2.59. The summed E-state index contributed by atoms with van der Waals surface area (Å²) in [4.78, 5) is 25.5. The Hall–Kier alpha value is -2.87. The largest absolute Gasteiger partial charge is 0.481 e. The van der Waals surface area contributed by atoms with Crippen molar-refractivity contribution in [2.24, 2.45) is 28.2 Å². The molecule has 4 saturated carbocycles. The van der Waals surface area contributed by atoms with Crippen molar-refractivity contribution in [3.63, 3.8) is 0 Å². The summed E-state index contributed by atoms with van der Waals surface area (Å²) in [5.74, 6) is 1.42. The predicted octanol–water partition coefficient (Wildman–Crippen LogP) is 3.75. The number of aliphatic imine (C=N–C) groups is 1. The van der Waals surface area contributed by atoms with Crippen LogP contribution in [0, 0.1) is 34.6 Å². The molecule has 6 rings (SSSR count). The lowest BCUT2D eigenvalue weighted by molar-refractivity contribution is -0.166. The molecule has 3 atom stereocenters. The van der Waals surface area contributed by atoms with Gasteiger partial charge in [0, 0.05) is 32.4 Å². The van der Waals surface area contributed by atoms with Crippen LogP contribution in [-0.4, -0.2) is 65.1 Å². The molecule has 4 bridgehead atoms. The molecule has 2 heterocycles. The Bertz CT molecular complexity index is 1060. The number of rotatable bonds is 6. The summed E-state index contributed by atoms with van der Waals surface area (Å²) >= 11 is 0. The fourth-order valence-electron chi connectivity index (χ4n) is 7.52. The molecular weight excluding hydrogens is 485 g/mol. The summed E-state index contributed by atoms with van der Waals surface area (Å²) in [6, 6.07) is 2.42. The molecule has 200 valence electrons. The average molecular weight is 519 g/mol. The van der Waals surface area contributed by atoms with E-state index in [4.69, 9.17) is 4.99 Å². The number of nitrogens with one attached hydrogen (secondary N) is 1. The van der Waals surface area contributed by atoms with Gasteiger partial charge in [0.2, 0.25) is 0 Å². The van der Waals surface area contributed by atoms with Crippen LogP contribution in [0.15, 0.2) is 23.3 Å². The molecule has 1 aliphatic heterocycles. The number of hydrogen-bond donors (Lipinski definition) is 2. The number of aromatic nitrogens is 1. The fourth-order valence-corrected chi connectivity index (χ4v) is 7.52. The number of halogens is 3. The summed E-state index contributed by atoms with van der Waals surface area (Å²) in [5.41, 5.74) is -1.36. The van der Waals surface area contributed by atoms with Gasteiger partial charge in [0.25, 0.3) is 0 Å². The van der Waals surface area contributed by atoms with Crippen molar-refractivity contribution in [1.82, 2.24) is 15.2 Å². The van der Waals surface area contributed by atoms with Gasteiger partial charge >= 0.3 is 12.1 Å². The number of carboxylic acids is 1. The van der Waals surface area contributed by atoms with Crippen molar-refractivity contribution < 1.29 is 23.1 Å². The number of nitrogens with zero attached hydrogens (tertiary/aromatic N) is 5. The van der Waals surface area contributed by atoms with Crippen LogP contribution < -0.4 is 10.2 Å². The number of carboxylic acid groups (broad SMARTS) is 1. The van der Waals surface area contributed by atoms with Crippen LogP contribution in [0.2, 0.25) is 0 Å². The summed E-state index contributed by atoms with van der Waals surface area (Å²) in [6.45, 7) is 4.59. The molecule has 0 amide bonds. The number of nitriles is 1. The minimum Gasteiger partial charge on any atom is -0.481 e. The number of carbonyl (C=O) groups is 1. The van der Waals surface area contributed by atoms with Crippen molar-refractivity contribution in [1.29, 1.82) is 5.26 Å². The second-order valence-electron chi connectivity index (χ2n) is 11.1. The summed E-state index contributed by atoms with van der Waals surface area (Å²) in [7, 11) is 0. The van der Waals surface area contributed by atoms with Gasteiger partial charge in [-0.25, -0.2) is 4.98 Å². The summed E-state index contributed by atoms with van der Waals surface area (Å²) in [5, 5.41) is 22.3. The maximum atomic E-state index is 12.9. The van der Waals surface area contributed by atoms with E-state index in [0.717, 1.165) is 37.9 Å². The number of amidine groups is 1. The Labute approximate surface area is 214 Å². The average Bonchev–Trinajstić information content (AvgIpc) is 2.86. The Morgan fingerprint density at radius 1 is 1.24 bits per heavy atom. The normalized spacial score (nSPS) is 32.7. The van der Waals surface area contributed by atoms with Gasteiger partial charge in [-0.1, -0.05) is 6.92 Å². The van der Waals surface area contributed by atoms with E-state index in [1.807, 2.05) is 4.90 Å². The van der Waals surface area contributed by atoms with E-state index in [1.165, 1.54) is 6.07 Å². The van der Waals surface area contributed by atoms with Crippen molar-refractivity contribution in [2.45, 2.75) is 63.7 Å². The van der Waals surface area contributed by atoms with Crippen molar-refractivity contribution in [2.75, 3.05) is 31.1 Å². The van der Waals surface area contributed by atoms with Crippen LogP contribution in [0.3, 0.4) is 0 Å². The Morgan fingerprint density at radius 3 is 2.43 bits per heavy atom. The zero-order valence-electron chi connectivity index (χ0n) is 20.9. The van der Waals surface area contributed by atoms with Gasteiger partial charge in [-0.3, -0.25) is 20.0 Å². The van der Waals surface area contributed by atoms with Gasteiger partial charge in [0.1, 0.15) is 11.7 Å². The van der Waals surface area contributed by atoms with E-state index in [-0.39, 0.29) is 23.9 Å². The minimum atomic E-state index is -4.41. The Morgan fingerprint density at radius 2 is 1.92 bits per heavy atom. The first-order valence-corrected chi connectivity index (χ1v) is 13.1. The molecule has 4 aliphatic carbocycles. The van der Waals surface area contributed by atoms with Gasteiger partial charge in [-0.2, -0.15) is 18.4 Å². The quantitative estimate of drug-likeness (QED) is 0.256. The maximum Gasteiger partial charge on any atom is 0.417 e. The first-order chi connectivity index (χ1) is 17.6. The van der Waals surface area contributed by atoms with E-state index in [0.29, 0.717) is 56.6 Å². The molecule has 1 saturated heterocycles. The van der Waals surface area contributed by atoms with E-state index >= 15 is 0 Å². The van der Waals surface area contributed by atoms with Gasteiger partial charge in [0.15, 0.2) is 6.19 Å². The molecular formula is C26H33F3N6O2. The Balaban J connectivity index is 1.28. The third-order valence-electron chi connectivity index (χ3n) is 9.01. The standard InChI is InChI=1S/C26H33F3N6O2/c1-2-20(34-5-7-35(8-6-34)21-4-3-19(14-31-21)26(27,28)29)23(32-15-30)33-22-17-9-16-10-18(22)13-25(11-16,12-17)24(36)37/h3-4,14,16-18,20,22H,2,5-13H2,1H3,(H,32,33)(H,36,37)/t16?,17?,18?,20-,22?,25?/m1/s1. The van der Waals surface area contributed by atoms with Gasteiger partial charge in [-0.05, 0) is 68.4 Å². The number of piperazine rings is 1. The topological polar surface area (TPSA) is 105 Å². The molecule has 5 fully saturated rings.